The van der Waals surface area contributed by atoms with E-state index in [-0.39, 0.29) is 16.4 Å². The van der Waals surface area contributed by atoms with E-state index in [0.29, 0.717) is 0 Å². The van der Waals surface area contributed by atoms with Crippen LogP contribution in [0.2, 0.25) is 10.0 Å². The quantitative estimate of drug-likeness (QED) is 0.654. The molecule has 0 heterocycles. The van der Waals surface area contributed by atoms with Gasteiger partial charge in [-0.1, -0.05) is 23.2 Å². The van der Waals surface area contributed by atoms with E-state index in [4.69, 9.17) is 28.9 Å². The van der Waals surface area contributed by atoms with Crippen LogP contribution in [0.3, 0.4) is 0 Å². The summed E-state index contributed by atoms with van der Waals surface area (Å²) in [6.45, 7) is 0. The van der Waals surface area contributed by atoms with Gasteiger partial charge in [-0.15, -0.1) is 0 Å². The van der Waals surface area contributed by atoms with Gasteiger partial charge in [-0.3, -0.25) is 4.72 Å². The summed E-state index contributed by atoms with van der Waals surface area (Å²) in [6, 6.07) is 5.45. The molecule has 0 spiro atoms. The summed E-state index contributed by atoms with van der Waals surface area (Å²) in [5.41, 5.74) is 5.08. The zero-order valence-corrected chi connectivity index (χ0v) is 12.5. The molecule has 0 saturated heterocycles. The van der Waals surface area contributed by atoms with E-state index in [2.05, 4.69) is 4.72 Å². The third-order valence-electron chi connectivity index (χ3n) is 2.54. The van der Waals surface area contributed by atoms with Gasteiger partial charge in [0, 0.05) is 6.07 Å². The standard InChI is InChI=1S/C12H8Cl2F2N2O2S/c13-7-2-4-10(11(14)12(7)16)21(19,20)18-6-1-3-9(17)8(15)5-6/h1-5,18H,17H2. The van der Waals surface area contributed by atoms with Crippen molar-refractivity contribution >= 4 is 44.6 Å². The molecule has 9 heteroatoms. The number of hydrogen-bond acceptors (Lipinski definition) is 3. The first-order chi connectivity index (χ1) is 9.72. The Hall–Kier alpha value is -1.57. The topological polar surface area (TPSA) is 72.2 Å². The van der Waals surface area contributed by atoms with Gasteiger partial charge in [0.1, 0.15) is 10.7 Å². The summed E-state index contributed by atoms with van der Waals surface area (Å²) < 4.78 is 53.2. The lowest BCUT2D eigenvalue weighted by atomic mass is 10.3. The van der Waals surface area contributed by atoms with Crippen LogP contribution in [-0.4, -0.2) is 8.42 Å². The molecular weight excluding hydrogens is 345 g/mol. The predicted octanol–water partition coefficient (Wildman–Crippen LogP) is 3.65. The van der Waals surface area contributed by atoms with Crippen LogP contribution in [0.15, 0.2) is 35.2 Å². The maximum atomic E-state index is 13.5. The van der Waals surface area contributed by atoms with E-state index in [0.717, 1.165) is 18.2 Å². The van der Waals surface area contributed by atoms with Gasteiger partial charge in [-0.05, 0) is 24.3 Å². The first-order valence-corrected chi connectivity index (χ1v) is 7.67. The van der Waals surface area contributed by atoms with Crippen LogP contribution in [0, 0.1) is 11.6 Å². The van der Waals surface area contributed by atoms with Crippen molar-refractivity contribution in [2.75, 3.05) is 10.5 Å². The van der Waals surface area contributed by atoms with Gasteiger partial charge in [0.05, 0.1) is 21.4 Å². The van der Waals surface area contributed by atoms with Crippen LogP contribution in [0.4, 0.5) is 20.2 Å². The van der Waals surface area contributed by atoms with E-state index in [9.17, 15) is 17.2 Å². The van der Waals surface area contributed by atoms with Gasteiger partial charge in [0.15, 0.2) is 5.82 Å². The number of nitrogens with two attached hydrogens (primary N) is 1. The Morgan fingerprint density at radius 3 is 2.38 bits per heavy atom. The smallest absolute Gasteiger partial charge is 0.263 e. The van der Waals surface area contributed by atoms with Crippen LogP contribution in [0.5, 0.6) is 0 Å². The third kappa shape index (κ3) is 3.20. The van der Waals surface area contributed by atoms with Crippen LogP contribution in [-0.2, 0) is 10.0 Å². The molecule has 21 heavy (non-hydrogen) atoms. The lowest BCUT2D eigenvalue weighted by Crippen LogP contribution is -2.14. The lowest BCUT2D eigenvalue weighted by molar-refractivity contribution is 0.595. The number of nitrogen functional groups attached to an aromatic ring is 1. The maximum Gasteiger partial charge on any atom is 0.263 e. The average Bonchev–Trinajstić information content (AvgIpc) is 2.39. The van der Waals surface area contributed by atoms with Gasteiger partial charge in [0.25, 0.3) is 10.0 Å². The number of sulfonamides is 1. The first kappa shape index (κ1) is 15.8. The molecule has 0 bridgehead atoms. The highest BCUT2D eigenvalue weighted by Gasteiger charge is 2.22. The summed E-state index contributed by atoms with van der Waals surface area (Å²) in [7, 11) is -4.20. The number of benzene rings is 2. The molecule has 0 aliphatic heterocycles. The van der Waals surface area contributed by atoms with Crippen molar-refractivity contribution in [3.63, 3.8) is 0 Å². The van der Waals surface area contributed by atoms with Crippen molar-refractivity contribution in [3.05, 3.63) is 52.0 Å². The van der Waals surface area contributed by atoms with Crippen molar-refractivity contribution in [2.24, 2.45) is 0 Å². The Labute approximate surface area is 129 Å². The zero-order chi connectivity index (χ0) is 15.8. The summed E-state index contributed by atoms with van der Waals surface area (Å²) in [4.78, 5) is -0.511. The largest absolute Gasteiger partial charge is 0.396 e. The Bertz CT molecular complexity index is 813. The number of anilines is 2. The Morgan fingerprint density at radius 2 is 1.76 bits per heavy atom. The Morgan fingerprint density at radius 1 is 1.10 bits per heavy atom. The molecule has 0 unspecified atom stereocenters. The van der Waals surface area contributed by atoms with Crippen LogP contribution >= 0.6 is 23.2 Å². The third-order valence-corrected chi connectivity index (χ3v) is 4.74. The van der Waals surface area contributed by atoms with Crippen molar-refractivity contribution in [1.82, 2.24) is 0 Å². The minimum atomic E-state index is -4.20. The van der Waals surface area contributed by atoms with Gasteiger partial charge in [-0.2, -0.15) is 0 Å². The van der Waals surface area contributed by atoms with Crippen molar-refractivity contribution in [2.45, 2.75) is 4.90 Å². The molecule has 0 saturated carbocycles. The van der Waals surface area contributed by atoms with Gasteiger partial charge in [-0.25, -0.2) is 17.2 Å². The fraction of sp³-hybridized carbons (Fsp3) is 0. The molecular formula is C12H8Cl2F2N2O2S. The number of nitrogens with one attached hydrogen (secondary N) is 1. The average molecular weight is 353 g/mol. The normalized spacial score (nSPS) is 11.4. The monoisotopic (exact) mass is 352 g/mol. The minimum Gasteiger partial charge on any atom is -0.396 e. The predicted molar refractivity (Wildman–Crippen MR) is 78.0 cm³/mol. The minimum absolute atomic E-state index is 0.0758. The summed E-state index contributed by atoms with van der Waals surface area (Å²) in [5, 5.41) is -0.955. The molecule has 0 aromatic heterocycles. The molecule has 112 valence electrons. The fourth-order valence-corrected chi connectivity index (χ4v) is 3.31. The lowest BCUT2D eigenvalue weighted by Gasteiger charge is -2.11. The van der Waals surface area contributed by atoms with Gasteiger partial charge < -0.3 is 5.73 Å². The highest BCUT2D eigenvalue weighted by Crippen LogP contribution is 2.30. The van der Waals surface area contributed by atoms with Crippen LogP contribution < -0.4 is 10.5 Å². The van der Waals surface area contributed by atoms with Crippen molar-refractivity contribution in [3.8, 4) is 0 Å². The second-order valence-corrected chi connectivity index (χ2v) is 6.45. The molecule has 0 amide bonds. The van der Waals surface area contributed by atoms with E-state index in [1.54, 1.807) is 0 Å². The molecule has 0 fully saturated rings. The van der Waals surface area contributed by atoms with Gasteiger partial charge in [0.2, 0.25) is 0 Å². The maximum absolute atomic E-state index is 13.5. The van der Waals surface area contributed by atoms with Crippen molar-refractivity contribution < 1.29 is 17.2 Å². The highest BCUT2D eigenvalue weighted by molar-refractivity contribution is 7.92. The van der Waals surface area contributed by atoms with E-state index in [1.807, 2.05) is 0 Å². The van der Waals surface area contributed by atoms with Crippen molar-refractivity contribution in [1.29, 1.82) is 0 Å². The zero-order valence-electron chi connectivity index (χ0n) is 10.2. The number of hydrogen-bond donors (Lipinski definition) is 2. The Kier molecular flexibility index (Phi) is 4.27. The van der Waals surface area contributed by atoms with Crippen LogP contribution in [0.25, 0.3) is 0 Å². The molecule has 0 radical (unpaired) electrons. The molecule has 4 nitrogen and oxygen atoms in total. The SMILES string of the molecule is Nc1ccc(NS(=O)(=O)c2ccc(Cl)c(F)c2Cl)cc1F. The molecule has 2 aromatic rings. The second kappa shape index (κ2) is 5.67. The molecule has 0 aliphatic carbocycles. The molecule has 0 atom stereocenters. The van der Waals surface area contributed by atoms with E-state index in [1.165, 1.54) is 12.1 Å². The fourth-order valence-electron chi connectivity index (χ4n) is 1.52. The summed E-state index contributed by atoms with van der Waals surface area (Å²) in [5.74, 6) is -1.84. The van der Waals surface area contributed by atoms with Crippen LogP contribution in [0.1, 0.15) is 0 Å². The molecule has 2 rings (SSSR count). The summed E-state index contributed by atoms with van der Waals surface area (Å²) >= 11 is 11.1. The first-order valence-electron chi connectivity index (χ1n) is 5.43. The van der Waals surface area contributed by atoms with Gasteiger partial charge >= 0.3 is 0 Å². The molecule has 2 aromatic carbocycles. The van der Waals surface area contributed by atoms with E-state index < -0.39 is 31.6 Å². The Balaban J connectivity index is 2.43. The second-order valence-electron chi connectivity index (χ2n) is 4.02. The molecule has 0 aliphatic rings. The highest BCUT2D eigenvalue weighted by atomic mass is 35.5. The number of halogens is 4. The number of rotatable bonds is 3. The van der Waals surface area contributed by atoms with E-state index >= 15 is 0 Å². The molecule has 3 N–H and O–H groups in total. The summed E-state index contributed by atoms with van der Waals surface area (Å²) in [6.07, 6.45) is 0.